The lowest BCUT2D eigenvalue weighted by Gasteiger charge is -2.21. The fraction of sp³-hybridized carbons (Fsp3) is 0.625. The molecule has 1 heterocycles. The average Bonchev–Trinajstić information content (AvgIpc) is 2.29. The smallest absolute Gasteiger partial charge is 0.275 e. The van der Waals surface area contributed by atoms with Crippen LogP contribution in [-0.4, -0.2) is 21.8 Å². The van der Waals surface area contributed by atoms with Crippen LogP contribution in [0.5, 0.6) is 11.8 Å². The molecule has 0 aliphatic heterocycles. The van der Waals surface area contributed by atoms with Crippen molar-refractivity contribution in [1.29, 1.82) is 0 Å². The number of aromatic nitrogens is 2. The first-order valence-electron chi connectivity index (χ1n) is 3.77. The third-order valence-corrected chi connectivity index (χ3v) is 1.62. The van der Waals surface area contributed by atoms with Crippen molar-refractivity contribution >= 4 is 0 Å². The molecule has 1 aromatic rings. The predicted octanol–water partition coefficient (Wildman–Crippen LogP) is 1.35. The third-order valence-electron chi connectivity index (χ3n) is 1.62. The summed E-state index contributed by atoms with van der Waals surface area (Å²) in [6.07, 6.45) is 1.56. The molecule has 0 aliphatic carbocycles. The Labute approximate surface area is 71.8 Å². The molecule has 0 aromatic carbocycles. The SMILES string of the molecule is COc1c(O)ncn1C(C)(C)C. The minimum atomic E-state index is -0.126. The number of hydrogen-bond acceptors (Lipinski definition) is 3. The van der Waals surface area contributed by atoms with Crippen LogP contribution in [0.15, 0.2) is 6.33 Å². The summed E-state index contributed by atoms with van der Waals surface area (Å²) in [4.78, 5) is 3.75. The Kier molecular flexibility index (Phi) is 2.00. The molecule has 12 heavy (non-hydrogen) atoms. The van der Waals surface area contributed by atoms with Crippen LogP contribution in [-0.2, 0) is 5.54 Å². The fourth-order valence-corrected chi connectivity index (χ4v) is 0.995. The molecule has 68 valence electrons. The first kappa shape index (κ1) is 8.90. The largest absolute Gasteiger partial charge is 0.489 e. The van der Waals surface area contributed by atoms with Gasteiger partial charge in [-0.25, -0.2) is 0 Å². The molecule has 0 saturated carbocycles. The highest BCUT2D eigenvalue weighted by Crippen LogP contribution is 2.29. The van der Waals surface area contributed by atoms with Gasteiger partial charge >= 0.3 is 0 Å². The van der Waals surface area contributed by atoms with Crippen LogP contribution in [0, 0.1) is 0 Å². The Bertz CT molecular complexity index is 273. The van der Waals surface area contributed by atoms with Gasteiger partial charge in [0.05, 0.1) is 7.11 Å². The topological polar surface area (TPSA) is 47.3 Å². The summed E-state index contributed by atoms with van der Waals surface area (Å²) in [6, 6.07) is 0. The molecular weight excluding hydrogens is 156 g/mol. The Balaban J connectivity index is 3.16. The summed E-state index contributed by atoms with van der Waals surface area (Å²) < 4.78 is 6.77. The first-order valence-corrected chi connectivity index (χ1v) is 3.77. The number of ether oxygens (including phenoxy) is 1. The van der Waals surface area contributed by atoms with Gasteiger partial charge in [0.15, 0.2) is 0 Å². The number of rotatable bonds is 1. The third kappa shape index (κ3) is 1.37. The van der Waals surface area contributed by atoms with E-state index in [4.69, 9.17) is 4.74 Å². The van der Waals surface area contributed by atoms with Crippen LogP contribution >= 0.6 is 0 Å². The predicted molar refractivity (Wildman–Crippen MR) is 45.4 cm³/mol. The Morgan fingerprint density at radius 3 is 2.42 bits per heavy atom. The standard InChI is InChI=1S/C8H14N2O2/c1-8(2,3)10-5-9-6(11)7(10)12-4/h5,11H,1-4H3. The normalized spacial score (nSPS) is 11.7. The molecule has 0 fully saturated rings. The molecule has 0 aliphatic rings. The van der Waals surface area contributed by atoms with Crippen LogP contribution in [0.3, 0.4) is 0 Å². The molecule has 0 radical (unpaired) electrons. The van der Waals surface area contributed by atoms with E-state index in [1.165, 1.54) is 7.11 Å². The zero-order valence-corrected chi connectivity index (χ0v) is 7.83. The van der Waals surface area contributed by atoms with Gasteiger partial charge < -0.3 is 9.84 Å². The van der Waals surface area contributed by atoms with Crippen LogP contribution in [0.25, 0.3) is 0 Å². The van der Waals surface area contributed by atoms with Gasteiger partial charge in [0, 0.05) is 5.54 Å². The summed E-state index contributed by atoms with van der Waals surface area (Å²) in [7, 11) is 1.51. The van der Waals surface area contributed by atoms with Crippen molar-refractivity contribution in [3.63, 3.8) is 0 Å². The van der Waals surface area contributed by atoms with Crippen molar-refractivity contribution in [3.8, 4) is 11.8 Å². The summed E-state index contributed by atoms with van der Waals surface area (Å²) in [5, 5.41) is 9.24. The lowest BCUT2D eigenvalue weighted by Crippen LogP contribution is -2.21. The van der Waals surface area contributed by atoms with Crippen molar-refractivity contribution in [1.82, 2.24) is 9.55 Å². The second-order valence-electron chi connectivity index (χ2n) is 3.62. The Hall–Kier alpha value is -1.19. The van der Waals surface area contributed by atoms with E-state index in [9.17, 15) is 5.11 Å². The van der Waals surface area contributed by atoms with Crippen molar-refractivity contribution in [2.24, 2.45) is 0 Å². The highest BCUT2D eigenvalue weighted by atomic mass is 16.5. The summed E-state index contributed by atoms with van der Waals surface area (Å²) >= 11 is 0. The highest BCUT2D eigenvalue weighted by Gasteiger charge is 2.20. The van der Waals surface area contributed by atoms with E-state index < -0.39 is 0 Å². The van der Waals surface area contributed by atoms with Gasteiger partial charge in [0.2, 0.25) is 0 Å². The van der Waals surface area contributed by atoms with Crippen molar-refractivity contribution in [2.75, 3.05) is 7.11 Å². The number of methoxy groups -OCH3 is 1. The summed E-state index contributed by atoms with van der Waals surface area (Å²) in [6.45, 7) is 6.03. The molecule has 0 bridgehead atoms. The molecule has 0 saturated heterocycles. The van der Waals surface area contributed by atoms with Gasteiger partial charge in [-0.05, 0) is 20.8 Å². The van der Waals surface area contributed by atoms with Crippen LogP contribution in [0.4, 0.5) is 0 Å². The van der Waals surface area contributed by atoms with E-state index in [1.54, 1.807) is 10.9 Å². The van der Waals surface area contributed by atoms with Crippen molar-refractivity contribution in [2.45, 2.75) is 26.3 Å². The van der Waals surface area contributed by atoms with Gasteiger partial charge in [-0.2, -0.15) is 4.98 Å². The number of aromatic hydroxyl groups is 1. The minimum Gasteiger partial charge on any atom is -0.489 e. The first-order chi connectivity index (χ1) is 5.46. The molecule has 0 spiro atoms. The molecular formula is C8H14N2O2. The van der Waals surface area contributed by atoms with E-state index in [1.807, 2.05) is 20.8 Å². The Morgan fingerprint density at radius 1 is 1.50 bits per heavy atom. The molecule has 1 aromatic heterocycles. The molecule has 0 unspecified atom stereocenters. The quantitative estimate of drug-likeness (QED) is 0.692. The molecule has 4 nitrogen and oxygen atoms in total. The number of nitrogens with zero attached hydrogens (tertiary/aromatic N) is 2. The van der Waals surface area contributed by atoms with E-state index in [2.05, 4.69) is 4.98 Å². The van der Waals surface area contributed by atoms with Crippen molar-refractivity contribution < 1.29 is 9.84 Å². The van der Waals surface area contributed by atoms with E-state index in [-0.39, 0.29) is 11.4 Å². The molecule has 0 atom stereocenters. The molecule has 1 N–H and O–H groups in total. The molecule has 4 heteroatoms. The lowest BCUT2D eigenvalue weighted by atomic mass is 10.1. The zero-order valence-electron chi connectivity index (χ0n) is 7.83. The van der Waals surface area contributed by atoms with Crippen LogP contribution < -0.4 is 4.74 Å². The second-order valence-corrected chi connectivity index (χ2v) is 3.62. The zero-order chi connectivity index (χ0) is 9.35. The second kappa shape index (κ2) is 2.69. The summed E-state index contributed by atoms with van der Waals surface area (Å²) in [5.74, 6) is 0.343. The maximum absolute atomic E-state index is 9.24. The number of hydrogen-bond donors (Lipinski definition) is 1. The highest BCUT2D eigenvalue weighted by molar-refractivity contribution is 5.26. The fourth-order valence-electron chi connectivity index (χ4n) is 0.995. The molecule has 0 amide bonds. The Morgan fingerprint density at radius 2 is 2.08 bits per heavy atom. The van der Waals surface area contributed by atoms with E-state index in [0.29, 0.717) is 5.88 Å². The summed E-state index contributed by atoms with van der Waals surface area (Å²) in [5.41, 5.74) is -0.126. The van der Waals surface area contributed by atoms with Crippen LogP contribution in [0.1, 0.15) is 20.8 Å². The van der Waals surface area contributed by atoms with Crippen molar-refractivity contribution in [3.05, 3.63) is 6.33 Å². The average molecular weight is 170 g/mol. The van der Waals surface area contributed by atoms with Crippen LogP contribution in [0.2, 0.25) is 0 Å². The lowest BCUT2D eigenvalue weighted by molar-refractivity contribution is 0.293. The maximum atomic E-state index is 9.24. The van der Waals surface area contributed by atoms with Gasteiger partial charge in [0.1, 0.15) is 6.33 Å². The van der Waals surface area contributed by atoms with Gasteiger partial charge in [-0.3, -0.25) is 4.57 Å². The number of imidazole rings is 1. The minimum absolute atomic E-state index is 0.0626. The van der Waals surface area contributed by atoms with E-state index >= 15 is 0 Å². The monoisotopic (exact) mass is 170 g/mol. The molecule has 1 rings (SSSR count). The maximum Gasteiger partial charge on any atom is 0.275 e. The van der Waals surface area contributed by atoms with Gasteiger partial charge in [-0.1, -0.05) is 0 Å². The van der Waals surface area contributed by atoms with Gasteiger partial charge in [-0.15, -0.1) is 0 Å². The van der Waals surface area contributed by atoms with E-state index in [0.717, 1.165) is 0 Å². The van der Waals surface area contributed by atoms with Gasteiger partial charge in [0.25, 0.3) is 11.8 Å².